The zero-order chi connectivity index (χ0) is 12.7. The fourth-order valence-electron chi connectivity index (χ4n) is 1.47. The summed E-state index contributed by atoms with van der Waals surface area (Å²) in [6.45, 7) is 1.40. The van der Waals surface area contributed by atoms with Gasteiger partial charge in [-0.3, -0.25) is 9.59 Å². The molecule has 0 aliphatic heterocycles. The Bertz CT molecular complexity index is 407. The summed E-state index contributed by atoms with van der Waals surface area (Å²) in [5, 5.41) is 0. The molecule has 0 spiro atoms. The Morgan fingerprint density at radius 1 is 1.29 bits per heavy atom. The van der Waals surface area contributed by atoms with E-state index in [0.29, 0.717) is 6.42 Å². The number of hydrogen-bond acceptors (Lipinski definition) is 3. The van der Waals surface area contributed by atoms with Crippen molar-refractivity contribution in [3.63, 3.8) is 0 Å². The normalized spacial score (nSPS) is 12.4. The van der Waals surface area contributed by atoms with Gasteiger partial charge in [-0.25, -0.2) is 0 Å². The molecule has 0 aliphatic rings. The van der Waals surface area contributed by atoms with Crippen molar-refractivity contribution in [1.82, 2.24) is 0 Å². The first-order valence-corrected chi connectivity index (χ1v) is 5.45. The Kier molecular flexibility index (Phi) is 5.14. The van der Waals surface area contributed by atoms with Crippen molar-refractivity contribution in [3.8, 4) is 0 Å². The average Bonchev–Trinajstić information content (AvgIpc) is 2.34. The second-order valence-corrected chi connectivity index (χ2v) is 3.74. The molecule has 0 amide bonds. The molecule has 1 aromatic rings. The summed E-state index contributed by atoms with van der Waals surface area (Å²) in [6.07, 6.45) is 4.08. The van der Waals surface area contributed by atoms with Gasteiger partial charge in [0.15, 0.2) is 0 Å². The van der Waals surface area contributed by atoms with Crippen molar-refractivity contribution in [3.05, 3.63) is 42.0 Å². The van der Waals surface area contributed by atoms with E-state index in [1.165, 1.54) is 14.0 Å². The topological polar surface area (TPSA) is 43.4 Å². The number of ketones is 1. The van der Waals surface area contributed by atoms with Gasteiger partial charge in [-0.15, -0.1) is 0 Å². The molecule has 90 valence electrons. The molecule has 0 saturated carbocycles. The van der Waals surface area contributed by atoms with E-state index >= 15 is 0 Å². The van der Waals surface area contributed by atoms with Crippen molar-refractivity contribution < 1.29 is 14.3 Å². The van der Waals surface area contributed by atoms with E-state index in [9.17, 15) is 9.59 Å². The van der Waals surface area contributed by atoms with E-state index < -0.39 is 11.9 Å². The number of methoxy groups -OCH3 is 1. The van der Waals surface area contributed by atoms with Gasteiger partial charge < -0.3 is 4.74 Å². The molecule has 1 aromatic carbocycles. The average molecular weight is 232 g/mol. The Labute approximate surface area is 101 Å². The van der Waals surface area contributed by atoms with Crippen LogP contribution in [0, 0.1) is 5.92 Å². The number of benzene rings is 1. The van der Waals surface area contributed by atoms with Crippen molar-refractivity contribution in [1.29, 1.82) is 0 Å². The molecule has 3 nitrogen and oxygen atoms in total. The van der Waals surface area contributed by atoms with Crippen LogP contribution in [0.1, 0.15) is 18.9 Å². The number of ether oxygens (including phenoxy) is 1. The van der Waals surface area contributed by atoms with Crippen LogP contribution in [0.2, 0.25) is 0 Å². The lowest BCUT2D eigenvalue weighted by atomic mass is 10.0. The summed E-state index contributed by atoms with van der Waals surface area (Å²) in [5.41, 5.74) is 1.04. The summed E-state index contributed by atoms with van der Waals surface area (Å²) in [7, 11) is 1.29. The van der Waals surface area contributed by atoms with Crippen molar-refractivity contribution >= 4 is 17.8 Å². The lowest BCUT2D eigenvalue weighted by Gasteiger charge is -2.07. The smallest absolute Gasteiger partial charge is 0.316 e. The highest BCUT2D eigenvalue weighted by molar-refractivity contribution is 5.97. The zero-order valence-corrected chi connectivity index (χ0v) is 10.1. The van der Waals surface area contributed by atoms with Gasteiger partial charge in [0, 0.05) is 0 Å². The maximum atomic E-state index is 11.3. The lowest BCUT2D eigenvalue weighted by Crippen LogP contribution is -2.22. The fraction of sp³-hybridized carbons (Fsp3) is 0.286. The molecule has 0 aromatic heterocycles. The minimum Gasteiger partial charge on any atom is -0.468 e. The summed E-state index contributed by atoms with van der Waals surface area (Å²) in [6, 6.07) is 9.71. The molecule has 1 unspecified atom stereocenters. The Hall–Kier alpha value is -1.90. The Morgan fingerprint density at radius 3 is 2.47 bits per heavy atom. The first-order valence-electron chi connectivity index (χ1n) is 5.45. The number of carbonyl (C=O) groups is 2. The third-order valence-corrected chi connectivity index (χ3v) is 2.46. The van der Waals surface area contributed by atoms with Crippen molar-refractivity contribution in [2.24, 2.45) is 5.92 Å². The molecule has 0 heterocycles. The quantitative estimate of drug-likeness (QED) is 0.578. The van der Waals surface area contributed by atoms with Crippen LogP contribution in [0.3, 0.4) is 0 Å². The predicted molar refractivity (Wildman–Crippen MR) is 66.3 cm³/mol. The molecule has 1 rings (SSSR count). The minimum atomic E-state index is -0.694. The van der Waals surface area contributed by atoms with E-state index in [1.807, 2.05) is 42.5 Å². The standard InChI is InChI=1S/C14H16O3/c1-11(15)13(14(16)17-2)10-6-9-12-7-4-3-5-8-12/h3-9,13H,10H2,1-2H3/b9-6+. The first kappa shape index (κ1) is 13.2. The minimum absolute atomic E-state index is 0.172. The molecule has 0 bridgehead atoms. The Morgan fingerprint density at radius 2 is 1.94 bits per heavy atom. The zero-order valence-electron chi connectivity index (χ0n) is 10.1. The molecular formula is C14H16O3. The van der Waals surface area contributed by atoms with Crippen LogP contribution in [0.5, 0.6) is 0 Å². The molecule has 0 saturated heterocycles. The fourth-order valence-corrected chi connectivity index (χ4v) is 1.47. The van der Waals surface area contributed by atoms with E-state index in [1.54, 1.807) is 0 Å². The largest absolute Gasteiger partial charge is 0.468 e. The molecule has 0 fully saturated rings. The van der Waals surface area contributed by atoms with Crippen LogP contribution >= 0.6 is 0 Å². The van der Waals surface area contributed by atoms with Crippen LogP contribution in [-0.4, -0.2) is 18.9 Å². The van der Waals surface area contributed by atoms with Gasteiger partial charge in [-0.1, -0.05) is 42.5 Å². The lowest BCUT2D eigenvalue weighted by molar-refractivity contribution is -0.148. The monoisotopic (exact) mass is 232 g/mol. The van der Waals surface area contributed by atoms with Crippen LogP contribution < -0.4 is 0 Å². The number of esters is 1. The molecule has 17 heavy (non-hydrogen) atoms. The number of hydrogen-bond donors (Lipinski definition) is 0. The third-order valence-electron chi connectivity index (χ3n) is 2.46. The number of rotatable bonds is 5. The molecule has 3 heteroatoms. The second-order valence-electron chi connectivity index (χ2n) is 3.74. The van der Waals surface area contributed by atoms with E-state index in [2.05, 4.69) is 4.74 Å². The summed E-state index contributed by atoms with van der Waals surface area (Å²) < 4.78 is 4.58. The third kappa shape index (κ3) is 4.23. The summed E-state index contributed by atoms with van der Waals surface area (Å²) in [4.78, 5) is 22.6. The van der Waals surface area contributed by atoms with Gasteiger partial charge in [-0.05, 0) is 18.9 Å². The number of Topliss-reactive ketones (excluding diaryl/α,β-unsaturated/α-hetero) is 1. The predicted octanol–water partition coefficient (Wildman–Crippen LogP) is 2.47. The van der Waals surface area contributed by atoms with Gasteiger partial charge in [0.1, 0.15) is 11.7 Å². The number of allylic oxidation sites excluding steroid dienone is 1. The Balaban J connectivity index is 2.61. The van der Waals surface area contributed by atoms with Gasteiger partial charge >= 0.3 is 5.97 Å². The van der Waals surface area contributed by atoms with Crippen LogP contribution in [-0.2, 0) is 14.3 Å². The SMILES string of the molecule is COC(=O)C(C/C=C/c1ccccc1)C(C)=O. The van der Waals surface area contributed by atoms with Gasteiger partial charge in [0.05, 0.1) is 7.11 Å². The first-order chi connectivity index (χ1) is 8.15. The molecule has 0 aliphatic carbocycles. The van der Waals surface area contributed by atoms with Crippen LogP contribution in [0.15, 0.2) is 36.4 Å². The van der Waals surface area contributed by atoms with Crippen molar-refractivity contribution in [2.45, 2.75) is 13.3 Å². The van der Waals surface area contributed by atoms with Crippen molar-refractivity contribution in [2.75, 3.05) is 7.11 Å². The molecule has 1 atom stereocenters. The van der Waals surface area contributed by atoms with E-state index in [0.717, 1.165) is 5.56 Å². The van der Waals surface area contributed by atoms with Gasteiger partial charge in [0.2, 0.25) is 0 Å². The van der Waals surface area contributed by atoms with Crippen LogP contribution in [0.25, 0.3) is 6.08 Å². The van der Waals surface area contributed by atoms with Crippen LogP contribution in [0.4, 0.5) is 0 Å². The maximum Gasteiger partial charge on any atom is 0.316 e. The van der Waals surface area contributed by atoms with Gasteiger partial charge in [0.25, 0.3) is 0 Å². The maximum absolute atomic E-state index is 11.3. The highest BCUT2D eigenvalue weighted by atomic mass is 16.5. The highest BCUT2D eigenvalue weighted by Gasteiger charge is 2.22. The molecule has 0 N–H and O–H groups in total. The van der Waals surface area contributed by atoms with Gasteiger partial charge in [-0.2, -0.15) is 0 Å². The van der Waals surface area contributed by atoms with E-state index in [-0.39, 0.29) is 5.78 Å². The van der Waals surface area contributed by atoms with E-state index in [4.69, 9.17) is 0 Å². The highest BCUT2D eigenvalue weighted by Crippen LogP contribution is 2.10. The number of carbonyl (C=O) groups excluding carboxylic acids is 2. The molecular weight excluding hydrogens is 216 g/mol. The molecule has 0 radical (unpaired) electrons. The summed E-state index contributed by atoms with van der Waals surface area (Å²) >= 11 is 0. The second kappa shape index (κ2) is 6.63. The summed E-state index contributed by atoms with van der Waals surface area (Å²) in [5.74, 6) is -1.34.